The van der Waals surface area contributed by atoms with Gasteiger partial charge in [-0.15, -0.1) is 0 Å². The third kappa shape index (κ3) is 4.11. The number of rotatable bonds is 5. The average Bonchev–Trinajstić information content (AvgIpc) is 3.27. The number of aliphatic imine (C=N–C) groups is 1. The number of aromatic nitrogens is 2. The lowest BCUT2D eigenvalue weighted by atomic mass is 10.1. The molecule has 5 rings (SSSR count). The Labute approximate surface area is 206 Å². The molecule has 1 aliphatic rings. The van der Waals surface area contributed by atoms with Gasteiger partial charge in [-0.2, -0.15) is 0 Å². The van der Waals surface area contributed by atoms with E-state index in [1.54, 1.807) is 55.5 Å². The number of H-pyrrole nitrogens is 1. The van der Waals surface area contributed by atoms with Gasteiger partial charge in [0.25, 0.3) is 17.4 Å². The summed E-state index contributed by atoms with van der Waals surface area (Å²) in [6.07, 6.45) is 1.52. The summed E-state index contributed by atoms with van der Waals surface area (Å²) < 4.78 is 1.42. The second-order valence-electron chi connectivity index (χ2n) is 8.38. The highest BCUT2D eigenvalue weighted by molar-refractivity contribution is 6.30. The third-order valence-corrected chi connectivity index (χ3v) is 6.30. The fourth-order valence-electron chi connectivity index (χ4n) is 4.11. The van der Waals surface area contributed by atoms with Crippen molar-refractivity contribution in [1.82, 2.24) is 14.7 Å². The van der Waals surface area contributed by atoms with Crippen LogP contribution in [-0.2, 0) is 6.54 Å². The van der Waals surface area contributed by atoms with Crippen LogP contribution in [0.4, 0.5) is 5.69 Å². The van der Waals surface area contributed by atoms with E-state index in [9.17, 15) is 14.4 Å². The number of carbonyl (C=O) groups is 2. The Balaban J connectivity index is 1.42. The first-order chi connectivity index (χ1) is 16.8. The van der Waals surface area contributed by atoms with Gasteiger partial charge in [-0.25, -0.2) is 4.68 Å². The largest absolute Gasteiger partial charge is 0.295 e. The fraction of sp³-hybridized carbons (Fsp3) is 0.111. The molecule has 0 unspecified atom stereocenters. The minimum Gasteiger partial charge on any atom is -0.295 e. The summed E-state index contributed by atoms with van der Waals surface area (Å²) in [5, 5.41) is 3.58. The molecule has 7 nitrogen and oxygen atoms in total. The van der Waals surface area contributed by atoms with Crippen molar-refractivity contribution < 1.29 is 9.59 Å². The smallest absolute Gasteiger partial charge is 0.280 e. The normalized spacial score (nSPS) is 13.2. The number of hydrogen-bond donors (Lipinski definition) is 1. The van der Waals surface area contributed by atoms with E-state index in [1.807, 2.05) is 25.1 Å². The van der Waals surface area contributed by atoms with Gasteiger partial charge in [0.1, 0.15) is 0 Å². The second kappa shape index (κ2) is 8.85. The van der Waals surface area contributed by atoms with Crippen molar-refractivity contribution in [3.05, 3.63) is 116 Å². The van der Waals surface area contributed by atoms with Crippen molar-refractivity contribution in [1.29, 1.82) is 0 Å². The molecule has 0 radical (unpaired) electrons. The maximum Gasteiger partial charge on any atom is 0.280 e. The molecule has 0 saturated carbocycles. The predicted molar refractivity (Wildman–Crippen MR) is 135 cm³/mol. The van der Waals surface area contributed by atoms with Crippen molar-refractivity contribution in [2.24, 2.45) is 4.99 Å². The van der Waals surface area contributed by atoms with E-state index < -0.39 is 0 Å². The number of imide groups is 1. The molecule has 2 amide bonds. The van der Waals surface area contributed by atoms with Crippen LogP contribution in [0.25, 0.3) is 5.69 Å². The summed E-state index contributed by atoms with van der Waals surface area (Å²) in [6, 6.07) is 19.4. The highest BCUT2D eigenvalue weighted by atomic mass is 35.5. The van der Waals surface area contributed by atoms with Crippen LogP contribution in [-0.4, -0.2) is 32.7 Å². The van der Waals surface area contributed by atoms with E-state index in [2.05, 4.69) is 10.1 Å². The first-order valence-corrected chi connectivity index (χ1v) is 11.4. The van der Waals surface area contributed by atoms with Crippen molar-refractivity contribution in [3.8, 4) is 5.69 Å². The monoisotopic (exact) mass is 484 g/mol. The molecule has 0 atom stereocenters. The van der Waals surface area contributed by atoms with Gasteiger partial charge in [0.2, 0.25) is 0 Å². The summed E-state index contributed by atoms with van der Waals surface area (Å²) in [6.45, 7) is 3.86. The molecule has 174 valence electrons. The molecule has 1 N–H and O–H groups in total. The number of aromatic amines is 1. The molecule has 4 aromatic rings. The first-order valence-electron chi connectivity index (χ1n) is 11.0. The average molecular weight is 485 g/mol. The Bertz CT molecular complexity index is 1550. The van der Waals surface area contributed by atoms with E-state index in [4.69, 9.17) is 11.6 Å². The van der Waals surface area contributed by atoms with Crippen molar-refractivity contribution in [2.45, 2.75) is 20.4 Å². The topological polar surface area (TPSA) is 87.5 Å². The van der Waals surface area contributed by atoms with Crippen LogP contribution in [0.15, 0.2) is 76.5 Å². The Kier molecular flexibility index (Phi) is 5.70. The molecule has 0 bridgehead atoms. The summed E-state index contributed by atoms with van der Waals surface area (Å²) in [7, 11) is 0. The number of amides is 2. The number of aryl methyl sites for hydroxylation is 2. The lowest BCUT2D eigenvalue weighted by molar-refractivity contribution is 0.0642. The number of halogens is 1. The molecular formula is C27H21ClN4O3. The van der Waals surface area contributed by atoms with Gasteiger partial charge in [-0.05, 0) is 67.4 Å². The number of hydrogen-bond acceptors (Lipinski definition) is 4. The van der Waals surface area contributed by atoms with Crippen LogP contribution in [0.1, 0.15) is 43.1 Å². The second-order valence-corrected chi connectivity index (χ2v) is 8.82. The Hall–Kier alpha value is -4.23. The minimum absolute atomic E-state index is 0.145. The summed E-state index contributed by atoms with van der Waals surface area (Å²) in [4.78, 5) is 44.2. The van der Waals surface area contributed by atoms with Gasteiger partial charge in [-0.1, -0.05) is 35.9 Å². The van der Waals surface area contributed by atoms with Gasteiger partial charge < -0.3 is 0 Å². The maximum atomic E-state index is 13.0. The van der Waals surface area contributed by atoms with Gasteiger partial charge in [0.05, 0.1) is 34.6 Å². The number of nitrogens with one attached hydrogen (secondary N) is 1. The molecule has 1 aliphatic heterocycles. The SMILES string of the molecule is Cc1ccc(N=Cc2c(C)[nH]n(-c3cccc(Cl)c3)c2=O)cc1CN1C(=O)c2ccccc2C1=O. The minimum atomic E-state index is -0.302. The molecule has 3 aromatic carbocycles. The van der Waals surface area contributed by atoms with E-state index in [0.29, 0.717) is 38.8 Å². The molecule has 8 heteroatoms. The Morgan fingerprint density at radius 3 is 2.31 bits per heavy atom. The third-order valence-electron chi connectivity index (χ3n) is 6.07. The zero-order valence-corrected chi connectivity index (χ0v) is 19.8. The van der Waals surface area contributed by atoms with Crippen LogP contribution in [0.2, 0.25) is 5.02 Å². The highest BCUT2D eigenvalue weighted by Crippen LogP contribution is 2.26. The molecule has 0 saturated heterocycles. The van der Waals surface area contributed by atoms with E-state index in [-0.39, 0.29) is 23.9 Å². The zero-order valence-electron chi connectivity index (χ0n) is 19.1. The molecular weight excluding hydrogens is 464 g/mol. The number of nitrogens with zero attached hydrogens (tertiary/aromatic N) is 3. The first kappa shape index (κ1) is 22.6. The lowest BCUT2D eigenvalue weighted by Gasteiger charge is -2.16. The van der Waals surface area contributed by atoms with Crippen LogP contribution >= 0.6 is 11.6 Å². The van der Waals surface area contributed by atoms with Crippen molar-refractivity contribution in [3.63, 3.8) is 0 Å². The van der Waals surface area contributed by atoms with Gasteiger partial charge >= 0.3 is 0 Å². The van der Waals surface area contributed by atoms with Crippen LogP contribution in [0.5, 0.6) is 0 Å². The molecule has 2 heterocycles. The maximum absolute atomic E-state index is 13.0. The van der Waals surface area contributed by atoms with Crippen LogP contribution in [0, 0.1) is 13.8 Å². The number of carbonyl (C=O) groups excluding carboxylic acids is 2. The van der Waals surface area contributed by atoms with Gasteiger partial charge in [0.15, 0.2) is 0 Å². The molecule has 1 aromatic heterocycles. The quantitative estimate of drug-likeness (QED) is 0.320. The van der Waals surface area contributed by atoms with Crippen LogP contribution in [0.3, 0.4) is 0 Å². The highest BCUT2D eigenvalue weighted by Gasteiger charge is 2.35. The summed E-state index contributed by atoms with van der Waals surface area (Å²) >= 11 is 6.07. The predicted octanol–water partition coefficient (Wildman–Crippen LogP) is 4.98. The molecule has 0 spiro atoms. The standard InChI is InChI=1S/C27H21ClN4O3/c1-16-10-11-20(12-18(16)15-31-25(33)22-8-3-4-9-23(22)26(31)34)29-14-24-17(2)30-32(27(24)35)21-7-5-6-19(28)13-21/h3-14,30H,15H2,1-2H3. The van der Waals surface area contributed by atoms with Crippen molar-refractivity contribution in [2.75, 3.05) is 0 Å². The van der Waals surface area contributed by atoms with E-state index >= 15 is 0 Å². The lowest BCUT2D eigenvalue weighted by Crippen LogP contribution is -2.29. The summed E-state index contributed by atoms with van der Waals surface area (Å²) in [5.41, 5.74) is 4.65. The van der Waals surface area contributed by atoms with Gasteiger partial charge in [0, 0.05) is 16.9 Å². The Morgan fingerprint density at radius 1 is 0.914 bits per heavy atom. The zero-order chi connectivity index (χ0) is 24.7. The number of fused-ring (bicyclic) bond motifs is 1. The molecule has 0 fully saturated rings. The van der Waals surface area contributed by atoms with Crippen molar-refractivity contribution >= 4 is 35.3 Å². The fourth-order valence-corrected chi connectivity index (χ4v) is 4.29. The Morgan fingerprint density at radius 2 is 1.63 bits per heavy atom. The molecule has 35 heavy (non-hydrogen) atoms. The summed E-state index contributed by atoms with van der Waals surface area (Å²) in [5.74, 6) is -0.605. The van der Waals surface area contributed by atoms with Crippen LogP contribution < -0.4 is 5.56 Å². The molecule has 0 aliphatic carbocycles. The van der Waals surface area contributed by atoms with E-state index in [0.717, 1.165) is 11.1 Å². The van der Waals surface area contributed by atoms with E-state index in [1.165, 1.54) is 15.8 Å². The number of benzene rings is 3. The van der Waals surface area contributed by atoms with Gasteiger partial charge in [-0.3, -0.25) is 29.4 Å².